The molecular weight excluding hydrogens is 262 g/mol. The number of benzene rings is 1. The summed E-state index contributed by atoms with van der Waals surface area (Å²) in [6.45, 7) is 5.07. The van der Waals surface area contributed by atoms with Crippen LogP contribution in [0.15, 0.2) is 18.2 Å². The molecule has 0 aliphatic carbocycles. The minimum atomic E-state index is -3.08. The highest BCUT2D eigenvalue weighted by Crippen LogP contribution is 2.26. The van der Waals surface area contributed by atoms with Gasteiger partial charge in [0.05, 0.1) is 6.26 Å². The zero-order valence-corrected chi connectivity index (χ0v) is 12.3. The molecule has 0 saturated carbocycles. The molecule has 0 bridgehead atoms. The average Bonchev–Trinajstić information content (AvgIpc) is 2.37. The van der Waals surface area contributed by atoms with Crippen LogP contribution in [-0.4, -0.2) is 45.2 Å². The Kier molecular flexibility index (Phi) is 4.13. The van der Waals surface area contributed by atoms with E-state index in [1.54, 1.807) is 0 Å². The Morgan fingerprint density at radius 2 is 1.84 bits per heavy atom. The predicted molar refractivity (Wildman–Crippen MR) is 77.7 cm³/mol. The van der Waals surface area contributed by atoms with Crippen molar-refractivity contribution in [2.75, 3.05) is 37.3 Å². The SMILES string of the molecule is Cc1cccc(CN)c1N1CCN(S(C)(=O)=O)CC1. The highest BCUT2D eigenvalue weighted by molar-refractivity contribution is 7.88. The normalized spacial score (nSPS) is 17.7. The third-order valence-corrected chi connectivity index (χ3v) is 4.87. The maximum atomic E-state index is 11.5. The van der Waals surface area contributed by atoms with Gasteiger partial charge in [0, 0.05) is 38.4 Å². The van der Waals surface area contributed by atoms with Crippen LogP contribution >= 0.6 is 0 Å². The van der Waals surface area contributed by atoms with Crippen molar-refractivity contribution in [3.05, 3.63) is 29.3 Å². The zero-order valence-electron chi connectivity index (χ0n) is 11.5. The average molecular weight is 283 g/mol. The summed E-state index contributed by atoms with van der Waals surface area (Å²) in [4.78, 5) is 2.24. The molecule has 1 fully saturated rings. The molecule has 6 heteroatoms. The molecule has 0 radical (unpaired) electrons. The van der Waals surface area contributed by atoms with E-state index >= 15 is 0 Å². The molecule has 0 aromatic heterocycles. The number of sulfonamides is 1. The number of rotatable bonds is 3. The Morgan fingerprint density at radius 1 is 1.21 bits per heavy atom. The van der Waals surface area contributed by atoms with E-state index in [1.807, 2.05) is 12.1 Å². The van der Waals surface area contributed by atoms with Crippen LogP contribution < -0.4 is 10.6 Å². The van der Waals surface area contributed by atoms with Crippen molar-refractivity contribution >= 4 is 15.7 Å². The van der Waals surface area contributed by atoms with E-state index in [0.717, 1.165) is 11.3 Å². The van der Waals surface area contributed by atoms with E-state index in [0.29, 0.717) is 32.7 Å². The molecular formula is C13H21N3O2S. The standard InChI is InChI=1S/C13H21N3O2S/c1-11-4-3-5-12(10-14)13(11)15-6-8-16(9-7-15)19(2,17)18/h3-5H,6-10,14H2,1-2H3. The minimum Gasteiger partial charge on any atom is -0.368 e. The fourth-order valence-electron chi connectivity index (χ4n) is 2.58. The number of nitrogens with zero attached hydrogens (tertiary/aromatic N) is 2. The van der Waals surface area contributed by atoms with Crippen LogP contribution in [0.2, 0.25) is 0 Å². The maximum absolute atomic E-state index is 11.5. The molecule has 1 aromatic rings. The molecule has 2 rings (SSSR count). The largest absolute Gasteiger partial charge is 0.368 e. The van der Waals surface area contributed by atoms with Gasteiger partial charge in [-0.25, -0.2) is 8.42 Å². The van der Waals surface area contributed by atoms with Crippen molar-refractivity contribution in [1.29, 1.82) is 0 Å². The Balaban J connectivity index is 2.18. The minimum absolute atomic E-state index is 0.503. The van der Waals surface area contributed by atoms with Gasteiger partial charge in [0.15, 0.2) is 0 Å². The summed E-state index contributed by atoms with van der Waals surface area (Å²) >= 11 is 0. The van der Waals surface area contributed by atoms with Gasteiger partial charge in [-0.15, -0.1) is 0 Å². The fourth-order valence-corrected chi connectivity index (χ4v) is 3.41. The first-order chi connectivity index (χ1) is 8.93. The van der Waals surface area contributed by atoms with Gasteiger partial charge in [-0.1, -0.05) is 18.2 Å². The lowest BCUT2D eigenvalue weighted by Crippen LogP contribution is -2.48. The number of aryl methyl sites for hydroxylation is 1. The third kappa shape index (κ3) is 3.08. The third-order valence-electron chi connectivity index (χ3n) is 3.57. The number of hydrogen-bond donors (Lipinski definition) is 1. The van der Waals surface area contributed by atoms with E-state index in [4.69, 9.17) is 5.73 Å². The van der Waals surface area contributed by atoms with E-state index in [1.165, 1.54) is 16.1 Å². The highest BCUT2D eigenvalue weighted by atomic mass is 32.2. The molecule has 2 N–H and O–H groups in total. The van der Waals surface area contributed by atoms with E-state index in [9.17, 15) is 8.42 Å². The van der Waals surface area contributed by atoms with Gasteiger partial charge in [-0.05, 0) is 18.1 Å². The van der Waals surface area contributed by atoms with Crippen molar-refractivity contribution in [2.24, 2.45) is 5.73 Å². The molecule has 1 aromatic carbocycles. The van der Waals surface area contributed by atoms with E-state index < -0.39 is 10.0 Å². The Morgan fingerprint density at radius 3 is 2.37 bits per heavy atom. The van der Waals surface area contributed by atoms with Crippen LogP contribution in [0, 0.1) is 6.92 Å². The predicted octanol–water partition coefficient (Wildman–Crippen LogP) is 0.535. The summed E-state index contributed by atoms with van der Waals surface area (Å²) in [7, 11) is -3.08. The molecule has 0 atom stereocenters. The van der Waals surface area contributed by atoms with Gasteiger partial charge >= 0.3 is 0 Å². The Bertz CT molecular complexity index is 549. The maximum Gasteiger partial charge on any atom is 0.211 e. The van der Waals surface area contributed by atoms with Gasteiger partial charge in [0.2, 0.25) is 10.0 Å². The molecule has 1 heterocycles. The van der Waals surface area contributed by atoms with Crippen molar-refractivity contribution in [2.45, 2.75) is 13.5 Å². The van der Waals surface area contributed by atoms with Crippen LogP contribution in [0.4, 0.5) is 5.69 Å². The van der Waals surface area contributed by atoms with Crippen molar-refractivity contribution in [3.8, 4) is 0 Å². The lowest BCUT2D eigenvalue weighted by Gasteiger charge is -2.36. The fraction of sp³-hybridized carbons (Fsp3) is 0.538. The molecule has 19 heavy (non-hydrogen) atoms. The number of para-hydroxylation sites is 1. The number of nitrogens with two attached hydrogens (primary N) is 1. The zero-order chi connectivity index (χ0) is 14.0. The monoisotopic (exact) mass is 283 g/mol. The molecule has 1 aliphatic rings. The first-order valence-corrected chi connectivity index (χ1v) is 8.27. The summed E-state index contributed by atoms with van der Waals surface area (Å²) in [6, 6.07) is 6.11. The van der Waals surface area contributed by atoms with Crippen LogP contribution in [-0.2, 0) is 16.6 Å². The lowest BCUT2D eigenvalue weighted by molar-refractivity contribution is 0.387. The summed E-state index contributed by atoms with van der Waals surface area (Å²) in [5.41, 5.74) is 9.26. The van der Waals surface area contributed by atoms with Gasteiger partial charge in [-0.3, -0.25) is 0 Å². The summed E-state index contributed by atoms with van der Waals surface area (Å²) in [5.74, 6) is 0. The van der Waals surface area contributed by atoms with Gasteiger partial charge in [0.25, 0.3) is 0 Å². The molecule has 1 aliphatic heterocycles. The molecule has 1 saturated heterocycles. The summed E-state index contributed by atoms with van der Waals surface area (Å²) < 4.78 is 24.5. The molecule has 0 unspecified atom stereocenters. The second kappa shape index (κ2) is 5.48. The first-order valence-electron chi connectivity index (χ1n) is 6.42. The number of hydrogen-bond acceptors (Lipinski definition) is 4. The quantitative estimate of drug-likeness (QED) is 0.879. The molecule has 106 valence electrons. The Hall–Kier alpha value is -1.11. The van der Waals surface area contributed by atoms with Gasteiger partial charge < -0.3 is 10.6 Å². The summed E-state index contributed by atoms with van der Waals surface area (Å²) in [6.07, 6.45) is 1.27. The van der Waals surface area contributed by atoms with Crippen LogP contribution in [0.25, 0.3) is 0 Å². The second-order valence-electron chi connectivity index (χ2n) is 4.94. The molecule has 0 amide bonds. The van der Waals surface area contributed by atoms with Crippen LogP contribution in [0.3, 0.4) is 0 Å². The first kappa shape index (κ1) is 14.3. The van der Waals surface area contributed by atoms with Gasteiger partial charge in [-0.2, -0.15) is 4.31 Å². The summed E-state index contributed by atoms with van der Waals surface area (Å²) in [5, 5.41) is 0. The Labute approximate surface area is 115 Å². The molecule has 5 nitrogen and oxygen atoms in total. The molecule has 0 spiro atoms. The van der Waals surface area contributed by atoms with E-state index in [2.05, 4.69) is 17.9 Å². The number of anilines is 1. The lowest BCUT2D eigenvalue weighted by atomic mass is 10.1. The van der Waals surface area contributed by atoms with Crippen molar-refractivity contribution in [1.82, 2.24) is 4.31 Å². The second-order valence-corrected chi connectivity index (χ2v) is 6.92. The van der Waals surface area contributed by atoms with Gasteiger partial charge in [0.1, 0.15) is 0 Å². The van der Waals surface area contributed by atoms with Crippen molar-refractivity contribution in [3.63, 3.8) is 0 Å². The number of piperazine rings is 1. The van der Waals surface area contributed by atoms with E-state index in [-0.39, 0.29) is 0 Å². The van der Waals surface area contributed by atoms with Crippen molar-refractivity contribution < 1.29 is 8.42 Å². The topological polar surface area (TPSA) is 66.6 Å². The van der Waals surface area contributed by atoms with Crippen LogP contribution in [0.5, 0.6) is 0 Å². The van der Waals surface area contributed by atoms with Crippen LogP contribution in [0.1, 0.15) is 11.1 Å². The highest BCUT2D eigenvalue weighted by Gasteiger charge is 2.24. The smallest absolute Gasteiger partial charge is 0.211 e.